The summed E-state index contributed by atoms with van der Waals surface area (Å²) >= 11 is 0. The molecule has 1 radical (unpaired) electrons. The van der Waals surface area contributed by atoms with Gasteiger partial charge in [0.1, 0.15) is 0 Å². The third-order valence-corrected chi connectivity index (χ3v) is 2.79. The maximum absolute atomic E-state index is 9.29. The van der Waals surface area contributed by atoms with Gasteiger partial charge < -0.3 is 14.7 Å². The lowest BCUT2D eigenvalue weighted by Crippen LogP contribution is -2.38. The second-order valence-corrected chi connectivity index (χ2v) is 3.74. The Morgan fingerprint density at radius 3 is 2.62 bits per heavy atom. The summed E-state index contributed by atoms with van der Waals surface area (Å²) in [5.74, 6) is 0.402. The lowest BCUT2D eigenvalue weighted by molar-refractivity contribution is 0.0730. The van der Waals surface area contributed by atoms with Gasteiger partial charge in [-0.1, -0.05) is 0 Å². The predicted molar refractivity (Wildman–Crippen MR) is 52.4 cm³/mol. The molecule has 0 aliphatic carbocycles. The molecule has 0 aromatic rings. The van der Waals surface area contributed by atoms with Crippen molar-refractivity contribution < 1.29 is 9.84 Å². The Labute approximate surface area is 80.7 Å². The number of aliphatic hydroxyl groups excluding tert-OH is 1. The molecule has 0 saturated carbocycles. The van der Waals surface area contributed by atoms with E-state index >= 15 is 0 Å². The molecule has 1 N–H and O–H groups in total. The number of hydrogen-bond acceptors (Lipinski definition) is 3. The first-order valence-corrected chi connectivity index (χ1v) is 4.96. The van der Waals surface area contributed by atoms with E-state index in [1.165, 1.54) is 0 Å². The van der Waals surface area contributed by atoms with Crippen LogP contribution in [0.3, 0.4) is 0 Å². The second kappa shape index (κ2) is 5.58. The Morgan fingerprint density at radius 1 is 1.54 bits per heavy atom. The summed E-state index contributed by atoms with van der Waals surface area (Å²) in [6.07, 6.45) is 1.74. The Balaban J connectivity index is 2.15. The summed E-state index contributed by atoms with van der Waals surface area (Å²) in [5.41, 5.74) is 0. The van der Waals surface area contributed by atoms with E-state index in [2.05, 4.69) is 11.8 Å². The first kappa shape index (κ1) is 11.0. The van der Waals surface area contributed by atoms with Gasteiger partial charge in [-0.3, -0.25) is 0 Å². The third kappa shape index (κ3) is 3.63. The number of nitrogens with zero attached hydrogens (tertiary/aromatic N) is 1. The zero-order chi connectivity index (χ0) is 9.68. The molecule has 0 spiro atoms. The number of aliphatic hydroxyl groups is 1. The van der Waals surface area contributed by atoms with Crippen LogP contribution in [-0.2, 0) is 4.74 Å². The largest absolute Gasteiger partial charge is 0.393 e. The van der Waals surface area contributed by atoms with E-state index in [0.29, 0.717) is 5.92 Å². The average molecular weight is 186 g/mol. The van der Waals surface area contributed by atoms with Gasteiger partial charge in [0.05, 0.1) is 12.7 Å². The molecular formula is C10H20NO2. The zero-order valence-corrected chi connectivity index (χ0v) is 8.41. The summed E-state index contributed by atoms with van der Waals surface area (Å²) in [4.78, 5) is 2.38. The maximum atomic E-state index is 9.29. The van der Waals surface area contributed by atoms with Crippen LogP contribution in [0.2, 0.25) is 0 Å². The van der Waals surface area contributed by atoms with Crippen molar-refractivity contribution in [3.8, 4) is 0 Å². The summed E-state index contributed by atoms with van der Waals surface area (Å²) in [6.45, 7) is 7.62. The molecule has 1 unspecified atom stereocenters. The van der Waals surface area contributed by atoms with E-state index < -0.39 is 0 Å². The summed E-state index contributed by atoms with van der Waals surface area (Å²) in [6, 6.07) is 0. The fourth-order valence-corrected chi connectivity index (χ4v) is 1.78. The van der Waals surface area contributed by atoms with Crippen LogP contribution in [0.1, 0.15) is 12.8 Å². The van der Waals surface area contributed by atoms with Crippen LogP contribution < -0.4 is 0 Å². The first-order valence-electron chi connectivity index (χ1n) is 4.96. The van der Waals surface area contributed by atoms with Crippen LogP contribution in [-0.4, -0.2) is 49.5 Å². The molecule has 1 aliphatic rings. The van der Waals surface area contributed by atoms with Crippen LogP contribution in [0, 0.1) is 12.8 Å². The van der Waals surface area contributed by atoms with Crippen molar-refractivity contribution in [3.05, 3.63) is 6.92 Å². The number of hydrogen-bond donors (Lipinski definition) is 1. The topological polar surface area (TPSA) is 32.7 Å². The Hall–Kier alpha value is -0.120. The van der Waals surface area contributed by atoms with Crippen molar-refractivity contribution in [2.45, 2.75) is 18.9 Å². The van der Waals surface area contributed by atoms with Crippen LogP contribution in [0.15, 0.2) is 0 Å². The quantitative estimate of drug-likeness (QED) is 0.695. The van der Waals surface area contributed by atoms with E-state index in [4.69, 9.17) is 4.74 Å². The van der Waals surface area contributed by atoms with Gasteiger partial charge in [0, 0.05) is 13.7 Å². The van der Waals surface area contributed by atoms with Gasteiger partial charge in [0.15, 0.2) is 0 Å². The van der Waals surface area contributed by atoms with E-state index in [0.717, 1.165) is 39.1 Å². The Kier molecular flexibility index (Phi) is 4.70. The highest BCUT2D eigenvalue weighted by Crippen LogP contribution is 2.19. The number of ether oxygens (including phenoxy) is 1. The molecule has 3 heteroatoms. The molecule has 1 rings (SSSR count). The summed E-state index contributed by atoms with van der Waals surface area (Å²) < 4.78 is 5.02. The van der Waals surface area contributed by atoms with Gasteiger partial charge in [-0.2, -0.15) is 0 Å². The van der Waals surface area contributed by atoms with Crippen LogP contribution >= 0.6 is 0 Å². The fraction of sp³-hybridized carbons (Fsp3) is 0.900. The smallest absolute Gasteiger partial charge is 0.0589 e. The van der Waals surface area contributed by atoms with Gasteiger partial charge in [0.25, 0.3) is 0 Å². The normalized spacial score (nSPS) is 23.3. The number of methoxy groups -OCH3 is 1. The molecule has 1 aliphatic heterocycles. The monoisotopic (exact) mass is 186 g/mol. The van der Waals surface area contributed by atoms with Crippen molar-refractivity contribution in [2.75, 3.05) is 33.4 Å². The minimum absolute atomic E-state index is 0.385. The average Bonchev–Trinajstić information content (AvgIpc) is 2.15. The van der Waals surface area contributed by atoms with E-state index in [1.807, 2.05) is 0 Å². The SMILES string of the molecule is [CH2]C(O)C1CCN(CCOC)CC1. The van der Waals surface area contributed by atoms with Crippen molar-refractivity contribution in [1.29, 1.82) is 0 Å². The molecule has 3 nitrogen and oxygen atoms in total. The molecule has 13 heavy (non-hydrogen) atoms. The zero-order valence-electron chi connectivity index (χ0n) is 8.41. The number of likely N-dealkylation sites (tertiary alicyclic amines) is 1. The summed E-state index contributed by atoms with van der Waals surface area (Å²) in [7, 11) is 1.73. The lowest BCUT2D eigenvalue weighted by atomic mass is 9.92. The molecular weight excluding hydrogens is 166 g/mol. The Morgan fingerprint density at radius 2 is 2.15 bits per heavy atom. The molecule has 0 amide bonds. The Bertz CT molecular complexity index is 131. The van der Waals surface area contributed by atoms with Crippen molar-refractivity contribution in [2.24, 2.45) is 5.92 Å². The van der Waals surface area contributed by atoms with E-state index in [-0.39, 0.29) is 6.10 Å². The van der Waals surface area contributed by atoms with Crippen molar-refractivity contribution in [1.82, 2.24) is 4.90 Å². The minimum Gasteiger partial charge on any atom is -0.393 e. The van der Waals surface area contributed by atoms with Gasteiger partial charge >= 0.3 is 0 Å². The predicted octanol–water partition coefficient (Wildman–Crippen LogP) is 0.540. The van der Waals surface area contributed by atoms with Gasteiger partial charge in [-0.25, -0.2) is 0 Å². The summed E-state index contributed by atoms with van der Waals surface area (Å²) in [5, 5.41) is 9.29. The van der Waals surface area contributed by atoms with Gasteiger partial charge in [-0.05, 0) is 38.8 Å². The van der Waals surface area contributed by atoms with Crippen molar-refractivity contribution >= 4 is 0 Å². The number of rotatable bonds is 4. The third-order valence-electron chi connectivity index (χ3n) is 2.79. The highest BCUT2D eigenvalue weighted by molar-refractivity contribution is 4.78. The molecule has 0 bridgehead atoms. The second-order valence-electron chi connectivity index (χ2n) is 3.74. The highest BCUT2D eigenvalue weighted by Gasteiger charge is 2.21. The molecule has 1 saturated heterocycles. The van der Waals surface area contributed by atoms with Crippen LogP contribution in [0.25, 0.3) is 0 Å². The van der Waals surface area contributed by atoms with Gasteiger partial charge in [0.2, 0.25) is 0 Å². The van der Waals surface area contributed by atoms with Crippen LogP contribution in [0.4, 0.5) is 0 Å². The van der Waals surface area contributed by atoms with Crippen LogP contribution in [0.5, 0.6) is 0 Å². The molecule has 0 aromatic heterocycles. The molecule has 1 heterocycles. The fourth-order valence-electron chi connectivity index (χ4n) is 1.78. The molecule has 0 aromatic carbocycles. The van der Waals surface area contributed by atoms with Crippen molar-refractivity contribution in [3.63, 3.8) is 0 Å². The highest BCUT2D eigenvalue weighted by atomic mass is 16.5. The van der Waals surface area contributed by atoms with E-state index in [1.54, 1.807) is 7.11 Å². The molecule has 77 valence electrons. The molecule has 1 atom stereocenters. The molecule has 1 fully saturated rings. The lowest BCUT2D eigenvalue weighted by Gasteiger charge is -2.32. The number of piperidine rings is 1. The maximum Gasteiger partial charge on any atom is 0.0589 e. The van der Waals surface area contributed by atoms with E-state index in [9.17, 15) is 5.11 Å². The first-order chi connectivity index (χ1) is 6.24. The minimum atomic E-state index is -0.385. The standard InChI is InChI=1S/C10H20NO2/c1-9(12)10-3-5-11(6-4-10)7-8-13-2/h9-10,12H,1,3-8H2,2H3. The van der Waals surface area contributed by atoms with Gasteiger partial charge in [-0.15, -0.1) is 0 Å².